The third-order valence-electron chi connectivity index (χ3n) is 5.35. The maximum Gasteiger partial charge on any atom is 0.199 e. The quantitative estimate of drug-likeness (QED) is 0.227. The first-order chi connectivity index (χ1) is 17.0. The lowest BCUT2D eigenvalue weighted by molar-refractivity contribution is 0.102. The van der Waals surface area contributed by atoms with E-state index in [2.05, 4.69) is 15.0 Å². The summed E-state index contributed by atoms with van der Waals surface area (Å²) in [5.74, 6) is -5.86. The molecule has 0 atom stereocenters. The third-order valence-corrected chi connectivity index (χ3v) is 5.35. The lowest BCUT2D eigenvalue weighted by Crippen LogP contribution is -2.11. The summed E-state index contributed by atoms with van der Waals surface area (Å²) in [4.78, 5) is 26.0. The molecule has 0 radical (unpaired) electrons. The number of pyridine rings is 1. The van der Waals surface area contributed by atoms with Crippen LogP contribution in [0.2, 0.25) is 0 Å². The number of halogens is 3. The molecule has 35 heavy (non-hydrogen) atoms. The smallest absolute Gasteiger partial charge is 0.199 e. The van der Waals surface area contributed by atoms with Gasteiger partial charge in [0.15, 0.2) is 29.0 Å². The number of nitrogens with zero attached hydrogens (tertiary/aromatic N) is 3. The van der Waals surface area contributed by atoms with Crippen LogP contribution in [0.15, 0.2) is 85.3 Å². The first-order valence-electron chi connectivity index (χ1n) is 10.6. The van der Waals surface area contributed by atoms with Crippen molar-refractivity contribution in [3.05, 3.63) is 119 Å². The number of fused-ring (bicyclic) bond motifs is 1. The second-order valence-electron chi connectivity index (χ2n) is 7.66. The van der Waals surface area contributed by atoms with E-state index in [1.807, 2.05) is 0 Å². The standard InChI is InChI=1S/C27H16F3N3O2/c28-19-12-23(35-15-16-5-2-1-3-6-16)26(30)24(25(19)29)27(34)17-8-9-20-21(11-17)33-22(14-32-20)18-7-4-10-31-13-18/h1-14H,15H2. The Hall–Kier alpha value is -4.59. The predicted molar refractivity (Wildman–Crippen MR) is 123 cm³/mol. The number of rotatable bonds is 6. The van der Waals surface area contributed by atoms with Crippen LogP contribution in [0.1, 0.15) is 21.5 Å². The Labute approximate surface area is 197 Å². The monoisotopic (exact) mass is 471 g/mol. The summed E-state index contributed by atoms with van der Waals surface area (Å²) in [7, 11) is 0. The molecule has 2 aromatic heterocycles. The molecule has 0 spiro atoms. The molecule has 0 amide bonds. The van der Waals surface area contributed by atoms with E-state index in [1.54, 1.807) is 61.1 Å². The Kier molecular flexibility index (Phi) is 5.93. The fourth-order valence-electron chi connectivity index (χ4n) is 3.57. The fraction of sp³-hybridized carbons (Fsp3) is 0.0370. The van der Waals surface area contributed by atoms with Gasteiger partial charge in [-0.1, -0.05) is 30.3 Å². The van der Waals surface area contributed by atoms with Crippen LogP contribution in [-0.4, -0.2) is 20.7 Å². The first kappa shape index (κ1) is 22.2. The number of hydrogen-bond donors (Lipinski definition) is 0. The predicted octanol–water partition coefficient (Wildman–Crippen LogP) is 5.92. The van der Waals surface area contributed by atoms with E-state index in [1.165, 1.54) is 18.2 Å². The Morgan fingerprint density at radius 3 is 2.46 bits per heavy atom. The van der Waals surface area contributed by atoms with Crippen LogP contribution in [-0.2, 0) is 6.61 Å². The lowest BCUT2D eigenvalue weighted by Gasteiger charge is -2.12. The molecule has 0 aliphatic carbocycles. The summed E-state index contributed by atoms with van der Waals surface area (Å²) in [6.45, 7) is -0.0842. The third kappa shape index (κ3) is 4.46. The highest BCUT2D eigenvalue weighted by Crippen LogP contribution is 2.29. The number of aromatic nitrogens is 3. The molecule has 2 heterocycles. The molecule has 0 unspecified atom stereocenters. The molecule has 0 saturated heterocycles. The van der Waals surface area contributed by atoms with Gasteiger partial charge in [-0.05, 0) is 35.9 Å². The summed E-state index contributed by atoms with van der Waals surface area (Å²) in [6, 6.07) is 17.2. The first-order valence-corrected chi connectivity index (χ1v) is 10.6. The minimum absolute atomic E-state index is 0.0763. The molecule has 5 aromatic rings. The zero-order valence-electron chi connectivity index (χ0n) is 18.1. The van der Waals surface area contributed by atoms with E-state index in [0.29, 0.717) is 33.9 Å². The Morgan fingerprint density at radius 2 is 1.69 bits per heavy atom. The van der Waals surface area contributed by atoms with Crippen LogP contribution >= 0.6 is 0 Å². The van der Waals surface area contributed by atoms with E-state index >= 15 is 4.39 Å². The minimum atomic E-state index is -1.59. The zero-order valence-corrected chi connectivity index (χ0v) is 18.1. The van der Waals surface area contributed by atoms with Gasteiger partial charge < -0.3 is 4.74 Å². The van der Waals surface area contributed by atoms with Crippen molar-refractivity contribution in [3.63, 3.8) is 0 Å². The van der Waals surface area contributed by atoms with Crippen molar-refractivity contribution in [2.24, 2.45) is 0 Å². The molecular weight excluding hydrogens is 455 g/mol. The summed E-state index contributed by atoms with van der Waals surface area (Å²) in [5, 5.41) is 0. The highest BCUT2D eigenvalue weighted by atomic mass is 19.2. The van der Waals surface area contributed by atoms with Gasteiger partial charge in [0.1, 0.15) is 12.2 Å². The molecule has 0 N–H and O–H groups in total. The number of ether oxygens (including phenoxy) is 1. The molecule has 0 fully saturated rings. The number of benzene rings is 3. The number of carbonyl (C=O) groups excluding carboxylic acids is 1. The summed E-state index contributed by atoms with van der Waals surface area (Å²) >= 11 is 0. The molecule has 3 aromatic carbocycles. The maximum absolute atomic E-state index is 15.2. The highest BCUT2D eigenvalue weighted by molar-refractivity contribution is 6.10. The Balaban J connectivity index is 1.51. The van der Waals surface area contributed by atoms with Gasteiger partial charge in [0.2, 0.25) is 0 Å². The molecule has 0 aliphatic rings. The van der Waals surface area contributed by atoms with Crippen LogP contribution in [0.3, 0.4) is 0 Å². The molecular formula is C27H16F3N3O2. The van der Waals surface area contributed by atoms with Crippen LogP contribution in [0, 0.1) is 17.5 Å². The van der Waals surface area contributed by atoms with Gasteiger partial charge in [0, 0.05) is 29.6 Å². The largest absolute Gasteiger partial charge is 0.486 e. The average Bonchev–Trinajstić information content (AvgIpc) is 2.90. The van der Waals surface area contributed by atoms with Gasteiger partial charge in [0.25, 0.3) is 0 Å². The van der Waals surface area contributed by atoms with Gasteiger partial charge in [-0.2, -0.15) is 0 Å². The van der Waals surface area contributed by atoms with Gasteiger partial charge in [0.05, 0.1) is 22.9 Å². The van der Waals surface area contributed by atoms with Gasteiger partial charge in [-0.15, -0.1) is 0 Å². The van der Waals surface area contributed by atoms with Crippen molar-refractivity contribution in [1.29, 1.82) is 0 Å². The molecule has 8 heteroatoms. The number of ketones is 1. The molecule has 0 aliphatic heterocycles. The van der Waals surface area contributed by atoms with Gasteiger partial charge in [-0.3, -0.25) is 14.8 Å². The molecule has 0 bridgehead atoms. The van der Waals surface area contributed by atoms with Crippen molar-refractivity contribution >= 4 is 16.8 Å². The Morgan fingerprint density at radius 1 is 0.857 bits per heavy atom. The average molecular weight is 471 g/mol. The van der Waals surface area contributed by atoms with E-state index in [9.17, 15) is 13.6 Å². The van der Waals surface area contributed by atoms with E-state index in [-0.39, 0.29) is 12.2 Å². The summed E-state index contributed by atoms with van der Waals surface area (Å²) in [6.07, 6.45) is 4.79. The van der Waals surface area contributed by atoms with Crippen LogP contribution in [0.5, 0.6) is 5.75 Å². The summed E-state index contributed by atoms with van der Waals surface area (Å²) < 4.78 is 49.5. The fourth-order valence-corrected chi connectivity index (χ4v) is 3.57. The zero-order chi connectivity index (χ0) is 24.4. The molecule has 5 rings (SSSR count). The summed E-state index contributed by atoms with van der Waals surface area (Å²) in [5.41, 5.74) is 1.60. The van der Waals surface area contributed by atoms with Crippen LogP contribution in [0.4, 0.5) is 13.2 Å². The minimum Gasteiger partial charge on any atom is -0.486 e. The topological polar surface area (TPSA) is 65.0 Å². The lowest BCUT2D eigenvalue weighted by atomic mass is 10.0. The number of hydrogen-bond acceptors (Lipinski definition) is 5. The van der Waals surface area contributed by atoms with E-state index < -0.39 is 34.5 Å². The normalized spacial score (nSPS) is 10.9. The Bertz CT molecular complexity index is 1540. The van der Waals surface area contributed by atoms with E-state index in [4.69, 9.17) is 4.74 Å². The van der Waals surface area contributed by atoms with Gasteiger partial charge >= 0.3 is 0 Å². The van der Waals surface area contributed by atoms with Crippen molar-refractivity contribution in [2.75, 3.05) is 0 Å². The van der Waals surface area contributed by atoms with E-state index in [0.717, 1.165) is 0 Å². The van der Waals surface area contributed by atoms with Crippen molar-refractivity contribution in [2.45, 2.75) is 6.61 Å². The molecule has 5 nitrogen and oxygen atoms in total. The SMILES string of the molecule is O=C(c1ccc2ncc(-c3cccnc3)nc2c1)c1c(F)c(F)cc(OCc2ccccc2)c1F. The second-order valence-corrected chi connectivity index (χ2v) is 7.66. The molecule has 0 saturated carbocycles. The van der Waals surface area contributed by atoms with Crippen LogP contribution < -0.4 is 4.74 Å². The number of carbonyl (C=O) groups is 1. The second kappa shape index (κ2) is 9.34. The molecule has 172 valence electrons. The van der Waals surface area contributed by atoms with Crippen molar-refractivity contribution in [1.82, 2.24) is 15.0 Å². The van der Waals surface area contributed by atoms with Crippen molar-refractivity contribution < 1.29 is 22.7 Å². The maximum atomic E-state index is 15.2. The van der Waals surface area contributed by atoms with Gasteiger partial charge in [-0.25, -0.2) is 18.2 Å². The van der Waals surface area contributed by atoms with Crippen LogP contribution in [0.25, 0.3) is 22.3 Å². The highest BCUT2D eigenvalue weighted by Gasteiger charge is 2.26. The van der Waals surface area contributed by atoms with Crippen molar-refractivity contribution in [3.8, 4) is 17.0 Å².